The maximum Gasteiger partial charge on any atom is 0.288 e. The second-order valence-corrected chi connectivity index (χ2v) is 10.0. The zero-order valence-electron chi connectivity index (χ0n) is 15.5. The van der Waals surface area contributed by atoms with Gasteiger partial charge in [-0.1, -0.05) is 82.3 Å². The molecule has 3 rings (SSSR count). The molecule has 0 spiro atoms. The predicted molar refractivity (Wildman–Crippen MR) is 125 cm³/mol. The maximum atomic E-state index is 12.0. The number of nitro groups is 1. The number of amides is 1. The fourth-order valence-corrected chi connectivity index (χ4v) is 5.44. The van der Waals surface area contributed by atoms with Crippen LogP contribution in [0, 0.1) is 10.1 Å². The molecular formula is C18H13Cl2N5O3S3. The molecule has 3 aromatic rings. The van der Waals surface area contributed by atoms with Gasteiger partial charge in [0, 0.05) is 22.4 Å². The van der Waals surface area contributed by atoms with Crippen molar-refractivity contribution in [2.75, 3.05) is 5.75 Å². The molecule has 0 radical (unpaired) electrons. The lowest BCUT2D eigenvalue weighted by atomic mass is 10.2. The molecule has 0 atom stereocenters. The number of nitrogens with one attached hydrogen (secondary N) is 1. The SMILES string of the molecule is O=C(CSc1nnc(SCc2ccccc2Cl)s1)NN=Cc1ccc(Cl)c([N+](=O)[O-])c1. The van der Waals surface area contributed by atoms with Gasteiger partial charge in [-0.05, 0) is 17.7 Å². The number of aromatic nitrogens is 2. The number of halogens is 2. The van der Waals surface area contributed by atoms with Gasteiger partial charge in [-0.15, -0.1) is 10.2 Å². The van der Waals surface area contributed by atoms with Crippen LogP contribution in [0.2, 0.25) is 10.0 Å². The molecule has 13 heteroatoms. The van der Waals surface area contributed by atoms with E-state index >= 15 is 0 Å². The van der Waals surface area contributed by atoms with Crippen LogP contribution >= 0.6 is 58.1 Å². The minimum atomic E-state index is -0.585. The van der Waals surface area contributed by atoms with Crippen molar-refractivity contribution in [1.29, 1.82) is 0 Å². The first kappa shape index (κ1) is 23.5. The summed E-state index contributed by atoms with van der Waals surface area (Å²) < 4.78 is 1.44. The van der Waals surface area contributed by atoms with Crippen LogP contribution in [0.3, 0.4) is 0 Å². The van der Waals surface area contributed by atoms with Gasteiger partial charge in [0.05, 0.1) is 16.9 Å². The van der Waals surface area contributed by atoms with Crippen LogP contribution in [-0.4, -0.2) is 33.0 Å². The molecule has 0 aliphatic carbocycles. The van der Waals surface area contributed by atoms with E-state index in [1.54, 1.807) is 6.07 Å². The number of carbonyl (C=O) groups excluding carboxylic acids is 1. The summed E-state index contributed by atoms with van der Waals surface area (Å²) in [6.45, 7) is 0. The minimum absolute atomic E-state index is 0.0315. The molecule has 0 saturated heterocycles. The van der Waals surface area contributed by atoms with E-state index < -0.39 is 4.92 Å². The first-order valence-electron chi connectivity index (χ1n) is 8.50. The fourth-order valence-electron chi connectivity index (χ4n) is 2.16. The van der Waals surface area contributed by atoms with Crippen molar-refractivity contribution in [3.63, 3.8) is 0 Å². The number of hydrazone groups is 1. The van der Waals surface area contributed by atoms with E-state index in [0.717, 1.165) is 9.90 Å². The third kappa shape index (κ3) is 7.18. The Kier molecular flexibility index (Phi) is 8.67. The summed E-state index contributed by atoms with van der Waals surface area (Å²) >= 11 is 16.1. The van der Waals surface area contributed by atoms with Gasteiger partial charge < -0.3 is 0 Å². The summed E-state index contributed by atoms with van der Waals surface area (Å²) in [5.74, 6) is 0.434. The molecular weight excluding hydrogens is 501 g/mol. The number of benzene rings is 2. The first-order valence-corrected chi connectivity index (χ1v) is 12.0. The van der Waals surface area contributed by atoms with Crippen LogP contribution in [0.5, 0.6) is 0 Å². The van der Waals surface area contributed by atoms with Crippen molar-refractivity contribution in [2.24, 2.45) is 5.10 Å². The first-order chi connectivity index (χ1) is 14.9. The Morgan fingerprint density at radius 2 is 1.90 bits per heavy atom. The van der Waals surface area contributed by atoms with Crippen molar-refractivity contribution < 1.29 is 9.72 Å². The molecule has 160 valence electrons. The largest absolute Gasteiger partial charge is 0.288 e. The van der Waals surface area contributed by atoms with Crippen molar-refractivity contribution in [1.82, 2.24) is 15.6 Å². The van der Waals surface area contributed by atoms with Crippen LogP contribution in [0.15, 0.2) is 56.2 Å². The highest BCUT2D eigenvalue weighted by molar-refractivity contribution is 8.03. The molecule has 0 aliphatic heterocycles. The number of hydrogen-bond donors (Lipinski definition) is 1. The van der Waals surface area contributed by atoms with Gasteiger partial charge in [0.2, 0.25) is 0 Å². The van der Waals surface area contributed by atoms with E-state index in [-0.39, 0.29) is 22.4 Å². The molecule has 0 bridgehead atoms. The molecule has 0 fully saturated rings. The summed E-state index contributed by atoms with van der Waals surface area (Å²) in [4.78, 5) is 22.3. The monoisotopic (exact) mass is 513 g/mol. The number of nitrogens with zero attached hydrogens (tertiary/aromatic N) is 4. The average Bonchev–Trinajstić information content (AvgIpc) is 3.20. The topological polar surface area (TPSA) is 110 Å². The average molecular weight is 514 g/mol. The quantitative estimate of drug-likeness (QED) is 0.179. The van der Waals surface area contributed by atoms with Crippen molar-refractivity contribution >= 4 is 75.9 Å². The van der Waals surface area contributed by atoms with Gasteiger partial charge in [0.15, 0.2) is 8.68 Å². The van der Waals surface area contributed by atoms with Crippen molar-refractivity contribution in [2.45, 2.75) is 14.4 Å². The molecule has 1 amide bonds. The third-order valence-corrected chi connectivity index (χ3v) is 7.52. The third-order valence-electron chi connectivity index (χ3n) is 3.59. The summed E-state index contributed by atoms with van der Waals surface area (Å²) in [6.07, 6.45) is 1.31. The van der Waals surface area contributed by atoms with E-state index in [9.17, 15) is 14.9 Å². The Balaban J connectivity index is 1.45. The van der Waals surface area contributed by atoms with Crippen LogP contribution in [-0.2, 0) is 10.5 Å². The Bertz CT molecular complexity index is 1130. The Hall–Kier alpha value is -2.18. The summed E-state index contributed by atoms with van der Waals surface area (Å²) in [5.41, 5.74) is 3.59. The molecule has 8 nitrogen and oxygen atoms in total. The molecule has 2 aromatic carbocycles. The van der Waals surface area contributed by atoms with E-state index in [0.29, 0.717) is 20.7 Å². The summed E-state index contributed by atoms with van der Waals surface area (Å²) in [6, 6.07) is 11.8. The predicted octanol–water partition coefficient (Wildman–Crippen LogP) is 5.29. The highest BCUT2D eigenvalue weighted by atomic mass is 35.5. The van der Waals surface area contributed by atoms with Gasteiger partial charge in [0.1, 0.15) is 5.02 Å². The molecule has 1 aromatic heterocycles. The Morgan fingerprint density at radius 1 is 1.16 bits per heavy atom. The molecule has 0 aliphatic rings. The van der Waals surface area contributed by atoms with Gasteiger partial charge in [-0.3, -0.25) is 14.9 Å². The lowest BCUT2D eigenvalue weighted by Gasteiger charge is -2.00. The lowest BCUT2D eigenvalue weighted by Crippen LogP contribution is -2.19. The number of rotatable bonds is 9. The second-order valence-electron chi connectivity index (χ2n) is 5.76. The van der Waals surface area contributed by atoms with Crippen LogP contribution in [0.1, 0.15) is 11.1 Å². The number of hydrogen-bond acceptors (Lipinski definition) is 9. The van der Waals surface area contributed by atoms with E-state index in [2.05, 4.69) is 20.7 Å². The van der Waals surface area contributed by atoms with Gasteiger partial charge >= 0.3 is 0 Å². The van der Waals surface area contributed by atoms with E-state index in [4.69, 9.17) is 23.2 Å². The highest BCUT2D eigenvalue weighted by Crippen LogP contribution is 2.32. The molecule has 31 heavy (non-hydrogen) atoms. The van der Waals surface area contributed by atoms with Crippen LogP contribution < -0.4 is 5.43 Å². The maximum absolute atomic E-state index is 12.0. The Morgan fingerprint density at radius 3 is 2.65 bits per heavy atom. The highest BCUT2D eigenvalue weighted by Gasteiger charge is 2.12. The number of thioether (sulfide) groups is 2. The van der Waals surface area contributed by atoms with Crippen LogP contribution in [0.4, 0.5) is 5.69 Å². The zero-order chi connectivity index (χ0) is 22.2. The van der Waals surface area contributed by atoms with Gasteiger partial charge in [0.25, 0.3) is 11.6 Å². The summed E-state index contributed by atoms with van der Waals surface area (Å²) in [5, 5.41) is 23.6. The standard InChI is InChI=1S/C18H13Cl2N5O3S3/c19-13-4-2-1-3-12(13)9-29-17-23-24-18(31-17)30-10-16(26)22-21-8-11-5-6-14(20)15(7-11)25(27)28/h1-8H,9-10H2,(H,22,26). The Labute approximate surface area is 199 Å². The second kappa shape index (κ2) is 11.4. The lowest BCUT2D eigenvalue weighted by molar-refractivity contribution is -0.384. The molecule has 0 saturated carbocycles. The summed E-state index contributed by atoms with van der Waals surface area (Å²) in [7, 11) is 0. The minimum Gasteiger partial charge on any atom is -0.272 e. The smallest absolute Gasteiger partial charge is 0.272 e. The molecule has 1 heterocycles. The number of carbonyl (C=O) groups is 1. The fraction of sp³-hybridized carbons (Fsp3) is 0.111. The van der Waals surface area contributed by atoms with E-state index in [1.165, 1.54) is 53.2 Å². The van der Waals surface area contributed by atoms with Gasteiger partial charge in [-0.25, -0.2) is 5.43 Å². The zero-order valence-corrected chi connectivity index (χ0v) is 19.5. The normalized spacial score (nSPS) is 11.0. The van der Waals surface area contributed by atoms with E-state index in [1.807, 2.05) is 24.3 Å². The number of nitro benzene ring substituents is 1. The van der Waals surface area contributed by atoms with Crippen molar-refractivity contribution in [3.8, 4) is 0 Å². The van der Waals surface area contributed by atoms with Crippen molar-refractivity contribution in [3.05, 3.63) is 73.8 Å². The molecule has 1 N–H and O–H groups in total. The van der Waals surface area contributed by atoms with Gasteiger partial charge in [-0.2, -0.15) is 5.10 Å². The van der Waals surface area contributed by atoms with Crippen LogP contribution in [0.25, 0.3) is 0 Å². The molecule has 0 unspecified atom stereocenters.